The average molecular weight is 891 g/mol. The molecule has 0 aliphatic carbocycles. The van der Waals surface area contributed by atoms with Gasteiger partial charge in [-0.1, -0.05) is 188 Å². The normalized spacial score (nSPS) is 12.0. The lowest BCUT2D eigenvalue weighted by Crippen LogP contribution is -2.05. The number of nitrogens with zero attached hydrogens (tertiary/aromatic N) is 4. The van der Waals surface area contributed by atoms with Gasteiger partial charge in [0.1, 0.15) is 0 Å². The Kier molecular flexibility index (Phi) is 8.33. The number of aromatic nitrogens is 4. The van der Waals surface area contributed by atoms with Crippen LogP contribution < -0.4 is 0 Å². The summed E-state index contributed by atoms with van der Waals surface area (Å²) in [6, 6.07) is 93.8. The van der Waals surface area contributed by atoms with Crippen LogP contribution in [0.4, 0.5) is 0 Å². The van der Waals surface area contributed by atoms with E-state index in [1.165, 1.54) is 76.2 Å². The van der Waals surface area contributed by atoms with Gasteiger partial charge < -0.3 is 18.3 Å². The van der Waals surface area contributed by atoms with E-state index in [4.69, 9.17) is 0 Å². The Morgan fingerprint density at radius 2 is 0.471 bits per heavy atom. The fourth-order valence-electron chi connectivity index (χ4n) is 11.9. The molecule has 0 fully saturated rings. The molecular formula is C66H42N4. The third-order valence-electron chi connectivity index (χ3n) is 14.8. The monoisotopic (exact) mass is 890 g/mol. The summed E-state index contributed by atoms with van der Waals surface area (Å²) in [7, 11) is 0. The van der Waals surface area contributed by atoms with Crippen LogP contribution in [-0.2, 0) is 0 Å². The maximum atomic E-state index is 2.57. The fraction of sp³-hybridized carbons (Fsp3) is 0. The molecule has 0 amide bonds. The quantitative estimate of drug-likeness (QED) is 0.158. The van der Waals surface area contributed by atoms with Gasteiger partial charge in [-0.15, -0.1) is 0 Å². The van der Waals surface area contributed by atoms with Gasteiger partial charge in [0.15, 0.2) is 0 Å². The molecule has 0 radical (unpaired) electrons. The number of hydrogen-bond donors (Lipinski definition) is 0. The van der Waals surface area contributed by atoms with Crippen molar-refractivity contribution in [2.45, 2.75) is 0 Å². The topological polar surface area (TPSA) is 19.7 Å². The smallest absolute Gasteiger partial charge is 0.0620 e. The molecule has 0 N–H and O–H groups in total. The van der Waals surface area contributed by atoms with Gasteiger partial charge in [0, 0.05) is 71.0 Å². The summed E-state index contributed by atoms with van der Waals surface area (Å²) in [6.07, 6.45) is 0. The maximum Gasteiger partial charge on any atom is 0.0620 e. The van der Waals surface area contributed by atoms with Crippen molar-refractivity contribution < 1.29 is 0 Å². The second-order valence-corrected chi connectivity index (χ2v) is 18.4. The van der Waals surface area contributed by atoms with E-state index >= 15 is 0 Å². The zero-order valence-corrected chi connectivity index (χ0v) is 38.0. The first-order valence-corrected chi connectivity index (χ1v) is 24.1. The number of rotatable bonds is 6. The number of benzene rings is 11. The van der Waals surface area contributed by atoms with E-state index in [1.54, 1.807) is 0 Å². The molecule has 4 heteroatoms. The predicted molar refractivity (Wildman–Crippen MR) is 295 cm³/mol. The summed E-state index contributed by atoms with van der Waals surface area (Å²) in [4.78, 5) is 0. The van der Waals surface area contributed by atoms with E-state index in [2.05, 4.69) is 273 Å². The summed E-state index contributed by atoms with van der Waals surface area (Å²) in [6.45, 7) is 0. The Labute approximate surface area is 403 Å². The van der Waals surface area contributed by atoms with Crippen molar-refractivity contribution in [2.24, 2.45) is 0 Å². The second-order valence-electron chi connectivity index (χ2n) is 18.4. The Hall–Kier alpha value is -9.38. The zero-order chi connectivity index (χ0) is 45.9. The summed E-state index contributed by atoms with van der Waals surface area (Å²) < 4.78 is 9.94. The van der Waals surface area contributed by atoms with E-state index in [0.717, 1.165) is 56.0 Å². The molecule has 15 aromatic rings. The van der Waals surface area contributed by atoms with Crippen LogP contribution in [0.15, 0.2) is 255 Å². The largest absolute Gasteiger partial charge is 0.309 e. The number of para-hydroxylation sites is 10. The van der Waals surface area contributed by atoms with Crippen LogP contribution >= 0.6 is 0 Å². The molecule has 0 bridgehead atoms. The summed E-state index contributed by atoms with van der Waals surface area (Å²) in [5.41, 5.74) is 18.4. The highest BCUT2D eigenvalue weighted by atomic mass is 15.0. The van der Waals surface area contributed by atoms with Crippen molar-refractivity contribution in [3.8, 4) is 45.0 Å². The van der Waals surface area contributed by atoms with Crippen molar-refractivity contribution in [1.29, 1.82) is 0 Å². The molecule has 4 nitrogen and oxygen atoms in total. The summed E-state index contributed by atoms with van der Waals surface area (Å²) >= 11 is 0. The van der Waals surface area contributed by atoms with Gasteiger partial charge in [-0.3, -0.25) is 0 Å². The van der Waals surface area contributed by atoms with Crippen LogP contribution in [0.2, 0.25) is 0 Å². The standard InChI is InChI=1S/C66H42N4/c1-10-31-56-44(20-1)45-21-2-11-32-57(45)67(56)43-40-41-53-50-26-7-18-39-64(50)70(65(53)42-43)66-54(51-27-8-16-37-62(51)68-58-33-12-3-22-46(58)47-23-4-13-34-59(47)68)29-19-30-55(66)52-28-9-17-38-63(52)69-60-35-14-5-24-48(60)49-25-6-15-36-61(49)69/h1-42H. The molecule has 0 saturated heterocycles. The van der Waals surface area contributed by atoms with E-state index in [1.807, 2.05) is 0 Å². The van der Waals surface area contributed by atoms with Crippen LogP contribution in [0.1, 0.15) is 0 Å². The van der Waals surface area contributed by atoms with E-state index in [9.17, 15) is 0 Å². The molecule has 15 rings (SSSR count). The van der Waals surface area contributed by atoms with Crippen LogP contribution in [0, 0.1) is 0 Å². The van der Waals surface area contributed by atoms with Gasteiger partial charge in [-0.25, -0.2) is 0 Å². The van der Waals surface area contributed by atoms with Gasteiger partial charge in [-0.2, -0.15) is 0 Å². The molecular weight excluding hydrogens is 849 g/mol. The van der Waals surface area contributed by atoms with Gasteiger partial charge in [0.2, 0.25) is 0 Å². The average Bonchev–Trinajstić information content (AvgIpc) is 4.15. The van der Waals surface area contributed by atoms with Gasteiger partial charge >= 0.3 is 0 Å². The Morgan fingerprint density at radius 1 is 0.186 bits per heavy atom. The molecule has 70 heavy (non-hydrogen) atoms. The molecule has 0 atom stereocenters. The van der Waals surface area contributed by atoms with Crippen LogP contribution in [0.3, 0.4) is 0 Å². The van der Waals surface area contributed by atoms with Gasteiger partial charge in [0.25, 0.3) is 0 Å². The summed E-state index contributed by atoms with van der Waals surface area (Å²) in [5.74, 6) is 0. The summed E-state index contributed by atoms with van der Waals surface area (Å²) in [5, 5.41) is 9.85. The fourth-order valence-corrected chi connectivity index (χ4v) is 11.9. The Balaban J connectivity index is 1.09. The minimum absolute atomic E-state index is 1.12. The zero-order valence-electron chi connectivity index (χ0n) is 38.0. The third kappa shape index (κ3) is 5.47. The molecule has 0 unspecified atom stereocenters. The molecule has 0 aliphatic rings. The molecule has 0 saturated carbocycles. The molecule has 4 aromatic heterocycles. The highest BCUT2D eigenvalue weighted by molar-refractivity contribution is 6.15. The molecule has 0 aliphatic heterocycles. The molecule has 0 spiro atoms. The van der Waals surface area contributed by atoms with Crippen molar-refractivity contribution in [1.82, 2.24) is 18.3 Å². The first-order valence-electron chi connectivity index (χ1n) is 24.1. The van der Waals surface area contributed by atoms with Crippen molar-refractivity contribution >= 4 is 87.2 Å². The Bertz CT molecular complexity index is 4270. The van der Waals surface area contributed by atoms with Crippen LogP contribution in [0.25, 0.3) is 132 Å². The van der Waals surface area contributed by atoms with Gasteiger partial charge in [-0.05, 0) is 66.7 Å². The lowest BCUT2D eigenvalue weighted by atomic mass is 9.93. The third-order valence-corrected chi connectivity index (χ3v) is 14.8. The highest BCUT2D eigenvalue weighted by Crippen LogP contribution is 2.47. The molecule has 4 heterocycles. The van der Waals surface area contributed by atoms with E-state index < -0.39 is 0 Å². The minimum Gasteiger partial charge on any atom is -0.309 e. The number of fused-ring (bicyclic) bond motifs is 12. The van der Waals surface area contributed by atoms with Crippen molar-refractivity contribution in [3.63, 3.8) is 0 Å². The lowest BCUT2D eigenvalue weighted by molar-refractivity contribution is 1.14. The van der Waals surface area contributed by atoms with E-state index in [0.29, 0.717) is 0 Å². The van der Waals surface area contributed by atoms with Crippen LogP contribution in [-0.4, -0.2) is 18.3 Å². The lowest BCUT2D eigenvalue weighted by Gasteiger charge is -2.23. The predicted octanol–water partition coefficient (Wildman–Crippen LogP) is 17.4. The number of hydrogen-bond acceptors (Lipinski definition) is 0. The highest BCUT2D eigenvalue weighted by Gasteiger charge is 2.25. The SMILES string of the molecule is c1ccc(-n2c3ccccc3c3ccccc32)c(-c2cccc(-c3ccccc3-n3c4ccccc4c4ccccc43)c2-n2c3ccccc3c3ccc(-n4c5ccccc5c5ccccc54)cc32)c1. The Morgan fingerprint density at radius 3 is 0.857 bits per heavy atom. The maximum absolute atomic E-state index is 2.57. The van der Waals surface area contributed by atoms with Gasteiger partial charge in [0.05, 0.1) is 61.2 Å². The molecule has 11 aromatic carbocycles. The first kappa shape index (κ1) is 38.7. The molecule has 326 valence electrons. The van der Waals surface area contributed by atoms with Crippen molar-refractivity contribution in [2.75, 3.05) is 0 Å². The van der Waals surface area contributed by atoms with Crippen LogP contribution in [0.5, 0.6) is 0 Å². The first-order chi connectivity index (χ1) is 34.8. The van der Waals surface area contributed by atoms with Crippen molar-refractivity contribution in [3.05, 3.63) is 255 Å². The van der Waals surface area contributed by atoms with E-state index in [-0.39, 0.29) is 0 Å². The minimum atomic E-state index is 1.12. The second kappa shape index (κ2) is 15.1.